The minimum absolute atomic E-state index is 0. The average Bonchev–Trinajstić information content (AvgIpc) is 3.16. The Morgan fingerprint density at radius 1 is 1.14 bits per heavy atom. The second kappa shape index (κ2) is 8.84. The van der Waals surface area contributed by atoms with Gasteiger partial charge in [0.25, 0.3) is 0 Å². The Labute approximate surface area is 172 Å². The van der Waals surface area contributed by atoms with E-state index in [-0.39, 0.29) is 23.9 Å². The Hall–Kier alpha value is -2.24. The molecule has 1 spiro atoms. The molecule has 2 amide bonds. The fourth-order valence-corrected chi connectivity index (χ4v) is 4.34. The van der Waals surface area contributed by atoms with Crippen LogP contribution in [0.3, 0.4) is 0 Å². The largest absolute Gasteiger partial charge is 0.495 e. The number of rotatable bonds is 3. The van der Waals surface area contributed by atoms with Gasteiger partial charge in [-0.25, -0.2) is 4.79 Å². The second-order valence-electron chi connectivity index (χ2n) is 7.66. The highest BCUT2D eigenvalue weighted by molar-refractivity contribution is 5.92. The van der Waals surface area contributed by atoms with Gasteiger partial charge in [-0.3, -0.25) is 0 Å². The summed E-state index contributed by atoms with van der Waals surface area (Å²) in [5.41, 5.74) is 3.14. The van der Waals surface area contributed by atoms with Crippen molar-refractivity contribution in [2.24, 2.45) is 5.41 Å². The van der Waals surface area contributed by atoms with E-state index in [9.17, 15) is 4.79 Å². The van der Waals surface area contributed by atoms with Gasteiger partial charge >= 0.3 is 6.03 Å². The number of hydrogen-bond donors (Lipinski definition) is 2. The van der Waals surface area contributed by atoms with Crippen LogP contribution in [0.5, 0.6) is 5.75 Å². The van der Waals surface area contributed by atoms with Gasteiger partial charge in [-0.2, -0.15) is 0 Å². The van der Waals surface area contributed by atoms with Gasteiger partial charge in [-0.05, 0) is 49.1 Å². The number of benzene rings is 2. The van der Waals surface area contributed by atoms with Gasteiger partial charge in [0.05, 0.1) is 12.8 Å². The number of halogens is 1. The van der Waals surface area contributed by atoms with Crippen molar-refractivity contribution in [3.05, 3.63) is 48.5 Å². The number of ether oxygens (including phenoxy) is 1. The van der Waals surface area contributed by atoms with Gasteiger partial charge in [0.1, 0.15) is 5.75 Å². The molecule has 0 aromatic heterocycles. The van der Waals surface area contributed by atoms with Crippen molar-refractivity contribution in [3.8, 4) is 16.9 Å². The monoisotopic (exact) mass is 401 g/mol. The topological polar surface area (TPSA) is 53.6 Å². The molecule has 0 bridgehead atoms. The number of carbonyl (C=O) groups is 1. The first-order valence-corrected chi connectivity index (χ1v) is 9.69. The van der Waals surface area contributed by atoms with E-state index in [4.69, 9.17) is 4.74 Å². The Bertz CT molecular complexity index is 807. The lowest BCUT2D eigenvalue weighted by Gasteiger charge is -2.40. The molecule has 2 aliphatic heterocycles. The van der Waals surface area contributed by atoms with Crippen molar-refractivity contribution >= 4 is 24.1 Å². The number of likely N-dealkylation sites (tertiary alicyclic amines) is 1. The summed E-state index contributed by atoms with van der Waals surface area (Å²) in [7, 11) is 1.63. The third-order valence-corrected chi connectivity index (χ3v) is 5.83. The third-order valence-electron chi connectivity index (χ3n) is 5.83. The first-order chi connectivity index (χ1) is 13.2. The van der Waals surface area contributed by atoms with Gasteiger partial charge in [0.15, 0.2) is 0 Å². The molecule has 4 rings (SSSR count). The van der Waals surface area contributed by atoms with Crippen LogP contribution in [0.2, 0.25) is 0 Å². The quantitative estimate of drug-likeness (QED) is 0.801. The molecule has 2 aliphatic rings. The lowest BCUT2D eigenvalue weighted by atomic mass is 9.79. The van der Waals surface area contributed by atoms with Crippen LogP contribution < -0.4 is 15.4 Å². The van der Waals surface area contributed by atoms with Crippen LogP contribution in [0.15, 0.2) is 48.5 Å². The molecule has 1 atom stereocenters. The molecular weight excluding hydrogens is 374 g/mol. The van der Waals surface area contributed by atoms with Crippen molar-refractivity contribution in [3.63, 3.8) is 0 Å². The fourth-order valence-electron chi connectivity index (χ4n) is 4.34. The molecule has 2 N–H and O–H groups in total. The van der Waals surface area contributed by atoms with Gasteiger partial charge in [-0.1, -0.05) is 36.4 Å². The summed E-state index contributed by atoms with van der Waals surface area (Å²) in [4.78, 5) is 14.9. The van der Waals surface area contributed by atoms with E-state index in [0.29, 0.717) is 11.4 Å². The molecule has 28 heavy (non-hydrogen) atoms. The molecule has 0 aliphatic carbocycles. The average molecular weight is 402 g/mol. The highest BCUT2D eigenvalue weighted by Crippen LogP contribution is 2.36. The van der Waals surface area contributed by atoms with Crippen molar-refractivity contribution in [2.75, 3.05) is 38.6 Å². The Kier molecular flexibility index (Phi) is 6.47. The lowest BCUT2D eigenvalue weighted by Crippen LogP contribution is -2.48. The molecule has 2 heterocycles. The molecule has 6 heteroatoms. The van der Waals surface area contributed by atoms with Gasteiger partial charge in [0, 0.05) is 25.0 Å². The van der Waals surface area contributed by atoms with Gasteiger partial charge < -0.3 is 20.3 Å². The normalized spacial score (nSPS) is 21.2. The van der Waals surface area contributed by atoms with Crippen LogP contribution >= 0.6 is 12.4 Å². The molecule has 0 saturated carbocycles. The third kappa shape index (κ3) is 4.26. The maximum Gasteiger partial charge on any atom is 0.321 e. The predicted octanol–water partition coefficient (Wildman–Crippen LogP) is 4.39. The molecular formula is C22H28ClN3O2. The molecule has 0 radical (unpaired) electrons. The number of nitrogens with zero attached hydrogens (tertiary/aromatic N) is 1. The molecule has 2 fully saturated rings. The SMILES string of the molecule is COc1ccc(-c2ccccc2)cc1NC(=O)N1CCCC2(CCNC2)C1.Cl. The van der Waals surface area contributed by atoms with E-state index in [2.05, 4.69) is 22.8 Å². The Morgan fingerprint density at radius 3 is 2.68 bits per heavy atom. The standard InChI is InChI=1S/C22H27N3O2.ClH/c1-27-20-9-8-18(17-6-3-2-4-7-17)14-19(20)24-21(26)25-13-5-10-22(16-25)11-12-23-15-22;/h2-4,6-9,14,23H,5,10-13,15-16H2,1H3,(H,24,26);1H. The zero-order valence-electron chi connectivity index (χ0n) is 16.2. The second-order valence-corrected chi connectivity index (χ2v) is 7.66. The maximum absolute atomic E-state index is 13.0. The van der Waals surface area contributed by atoms with Crippen molar-refractivity contribution in [1.82, 2.24) is 10.2 Å². The number of urea groups is 1. The van der Waals surface area contributed by atoms with Crippen LogP contribution in [-0.4, -0.2) is 44.2 Å². The number of nitrogens with one attached hydrogen (secondary N) is 2. The highest BCUT2D eigenvalue weighted by Gasteiger charge is 2.39. The zero-order valence-corrected chi connectivity index (χ0v) is 17.1. The molecule has 1 unspecified atom stereocenters. The summed E-state index contributed by atoms with van der Waals surface area (Å²) >= 11 is 0. The molecule has 150 valence electrons. The summed E-state index contributed by atoms with van der Waals surface area (Å²) in [6, 6.07) is 16.0. The summed E-state index contributed by atoms with van der Waals surface area (Å²) in [6.45, 7) is 3.72. The first-order valence-electron chi connectivity index (χ1n) is 9.69. The van der Waals surface area contributed by atoms with Gasteiger partial charge in [0.2, 0.25) is 0 Å². The van der Waals surface area contributed by atoms with E-state index < -0.39 is 0 Å². The van der Waals surface area contributed by atoms with E-state index in [0.717, 1.165) is 50.1 Å². The number of piperidine rings is 1. The van der Waals surface area contributed by atoms with Crippen LogP contribution in [0.1, 0.15) is 19.3 Å². The zero-order chi connectivity index (χ0) is 18.7. The summed E-state index contributed by atoms with van der Waals surface area (Å²) in [5, 5.41) is 6.55. The number of methoxy groups -OCH3 is 1. The Balaban J connectivity index is 0.00000225. The molecule has 2 saturated heterocycles. The minimum atomic E-state index is -0.0375. The summed E-state index contributed by atoms with van der Waals surface area (Å²) in [6.07, 6.45) is 3.43. The van der Waals surface area contributed by atoms with E-state index in [1.807, 2.05) is 41.3 Å². The van der Waals surface area contributed by atoms with E-state index in [1.54, 1.807) is 7.11 Å². The maximum atomic E-state index is 13.0. The lowest BCUT2D eigenvalue weighted by molar-refractivity contribution is 0.125. The van der Waals surface area contributed by atoms with Crippen molar-refractivity contribution in [1.29, 1.82) is 0 Å². The molecule has 5 nitrogen and oxygen atoms in total. The van der Waals surface area contributed by atoms with Crippen molar-refractivity contribution < 1.29 is 9.53 Å². The molecule has 2 aromatic rings. The van der Waals surface area contributed by atoms with Crippen LogP contribution in [0.4, 0.5) is 10.5 Å². The van der Waals surface area contributed by atoms with Crippen LogP contribution in [0.25, 0.3) is 11.1 Å². The number of amides is 2. The summed E-state index contributed by atoms with van der Waals surface area (Å²) in [5.74, 6) is 0.678. The number of hydrogen-bond acceptors (Lipinski definition) is 3. The smallest absolute Gasteiger partial charge is 0.321 e. The summed E-state index contributed by atoms with van der Waals surface area (Å²) < 4.78 is 5.47. The minimum Gasteiger partial charge on any atom is -0.495 e. The fraction of sp³-hybridized carbons (Fsp3) is 0.409. The van der Waals surface area contributed by atoms with Crippen molar-refractivity contribution in [2.45, 2.75) is 19.3 Å². The molecule has 2 aromatic carbocycles. The number of anilines is 1. The number of carbonyl (C=O) groups excluding carboxylic acids is 1. The first kappa shape index (κ1) is 20.5. The van der Waals surface area contributed by atoms with Crippen LogP contribution in [0, 0.1) is 5.41 Å². The van der Waals surface area contributed by atoms with Crippen LogP contribution in [-0.2, 0) is 0 Å². The van der Waals surface area contributed by atoms with E-state index in [1.165, 1.54) is 6.42 Å². The Morgan fingerprint density at radius 2 is 1.96 bits per heavy atom. The highest BCUT2D eigenvalue weighted by atomic mass is 35.5. The van der Waals surface area contributed by atoms with Gasteiger partial charge in [-0.15, -0.1) is 12.4 Å². The van der Waals surface area contributed by atoms with E-state index >= 15 is 0 Å². The predicted molar refractivity (Wildman–Crippen MR) is 115 cm³/mol.